The molecule has 0 amide bonds. The van der Waals surface area contributed by atoms with E-state index in [1.54, 1.807) is 12.5 Å². The molecule has 1 atom stereocenters. The number of hydrogen-bond acceptors (Lipinski definition) is 4. The minimum atomic E-state index is -0.0533. The lowest BCUT2D eigenvalue weighted by molar-refractivity contribution is 0.463. The smallest absolute Gasteiger partial charge is 0.128 e. The first-order chi connectivity index (χ1) is 7.72. The Bertz CT molecular complexity index is 465. The molecule has 2 aromatic rings. The van der Waals surface area contributed by atoms with Crippen LogP contribution in [-0.4, -0.2) is 12.0 Å². The van der Waals surface area contributed by atoms with Crippen LogP contribution in [0, 0.1) is 6.92 Å². The van der Waals surface area contributed by atoms with Crippen LogP contribution >= 0.6 is 0 Å². The van der Waals surface area contributed by atoms with Crippen LogP contribution in [0.2, 0.25) is 0 Å². The number of hydrogen-bond donors (Lipinski definition) is 2. The van der Waals surface area contributed by atoms with Gasteiger partial charge in [-0.05, 0) is 37.7 Å². The predicted molar refractivity (Wildman–Crippen MR) is 63.0 cm³/mol. The van der Waals surface area contributed by atoms with Crippen molar-refractivity contribution in [1.82, 2.24) is 10.3 Å². The van der Waals surface area contributed by atoms with Crippen molar-refractivity contribution in [2.45, 2.75) is 13.0 Å². The lowest BCUT2D eigenvalue weighted by atomic mass is 10.0. The summed E-state index contributed by atoms with van der Waals surface area (Å²) in [6.07, 6.45) is 3.41. The van der Waals surface area contributed by atoms with Gasteiger partial charge in [-0.1, -0.05) is 0 Å². The number of aryl methyl sites for hydroxylation is 1. The second-order valence-corrected chi connectivity index (χ2v) is 3.72. The van der Waals surface area contributed by atoms with Crippen LogP contribution in [0.25, 0.3) is 0 Å². The average Bonchev–Trinajstić information content (AvgIpc) is 2.78. The van der Waals surface area contributed by atoms with E-state index in [1.807, 2.05) is 32.2 Å². The molecule has 4 nitrogen and oxygen atoms in total. The van der Waals surface area contributed by atoms with Gasteiger partial charge in [0.25, 0.3) is 0 Å². The molecule has 2 rings (SSSR count). The van der Waals surface area contributed by atoms with Crippen molar-refractivity contribution in [3.05, 3.63) is 47.5 Å². The third-order valence-electron chi connectivity index (χ3n) is 2.51. The zero-order valence-corrected chi connectivity index (χ0v) is 9.40. The zero-order chi connectivity index (χ0) is 11.5. The zero-order valence-electron chi connectivity index (χ0n) is 9.40. The second-order valence-electron chi connectivity index (χ2n) is 3.72. The summed E-state index contributed by atoms with van der Waals surface area (Å²) in [4.78, 5) is 4.15. The van der Waals surface area contributed by atoms with Gasteiger partial charge in [0.15, 0.2) is 0 Å². The normalized spacial score (nSPS) is 12.6. The minimum Gasteiger partial charge on any atom is -0.467 e. The highest BCUT2D eigenvalue weighted by molar-refractivity contribution is 5.45. The number of rotatable bonds is 3. The van der Waals surface area contributed by atoms with Crippen molar-refractivity contribution in [3.63, 3.8) is 0 Å². The van der Waals surface area contributed by atoms with E-state index < -0.39 is 0 Å². The van der Waals surface area contributed by atoms with Gasteiger partial charge in [-0.2, -0.15) is 0 Å². The fourth-order valence-electron chi connectivity index (χ4n) is 1.74. The van der Waals surface area contributed by atoms with Gasteiger partial charge in [0, 0.05) is 11.8 Å². The van der Waals surface area contributed by atoms with E-state index in [2.05, 4.69) is 10.3 Å². The number of nitrogens with one attached hydrogen (secondary N) is 1. The molecule has 0 saturated carbocycles. The van der Waals surface area contributed by atoms with Crippen molar-refractivity contribution in [2.75, 3.05) is 12.8 Å². The Labute approximate surface area is 94.5 Å². The summed E-state index contributed by atoms with van der Waals surface area (Å²) in [5, 5.41) is 3.18. The first-order valence-corrected chi connectivity index (χ1v) is 5.15. The maximum atomic E-state index is 5.88. The maximum absolute atomic E-state index is 5.88. The molecule has 2 aromatic heterocycles. The molecule has 2 heterocycles. The second kappa shape index (κ2) is 4.37. The SMILES string of the molecule is CNC(c1ccco1)c1cc(C)cnc1N. The van der Waals surface area contributed by atoms with Gasteiger partial charge in [0.05, 0.1) is 12.3 Å². The first kappa shape index (κ1) is 10.7. The molecule has 0 aliphatic carbocycles. The average molecular weight is 217 g/mol. The van der Waals surface area contributed by atoms with Gasteiger partial charge in [0.2, 0.25) is 0 Å². The molecule has 0 saturated heterocycles. The van der Waals surface area contributed by atoms with Crippen molar-refractivity contribution in [3.8, 4) is 0 Å². The van der Waals surface area contributed by atoms with Crippen LogP contribution < -0.4 is 11.1 Å². The minimum absolute atomic E-state index is 0.0533. The first-order valence-electron chi connectivity index (χ1n) is 5.15. The van der Waals surface area contributed by atoms with Gasteiger partial charge in [-0.25, -0.2) is 4.98 Å². The number of pyridine rings is 1. The number of aromatic nitrogens is 1. The molecule has 0 aliphatic heterocycles. The quantitative estimate of drug-likeness (QED) is 0.823. The predicted octanol–water partition coefficient (Wildman–Crippen LogP) is 1.87. The Morgan fingerprint density at radius 2 is 2.31 bits per heavy atom. The summed E-state index contributed by atoms with van der Waals surface area (Å²) in [7, 11) is 1.87. The molecule has 0 aliphatic rings. The Hall–Kier alpha value is -1.81. The van der Waals surface area contributed by atoms with Crippen molar-refractivity contribution >= 4 is 5.82 Å². The standard InChI is InChI=1S/C12H15N3O/c1-8-6-9(12(13)15-7-8)11(14-2)10-4-3-5-16-10/h3-7,11,14H,1-2H3,(H2,13,15). The summed E-state index contributed by atoms with van der Waals surface area (Å²) < 4.78 is 5.39. The summed E-state index contributed by atoms with van der Waals surface area (Å²) in [5.41, 5.74) is 7.90. The van der Waals surface area contributed by atoms with Crippen LogP contribution in [0.1, 0.15) is 22.9 Å². The van der Waals surface area contributed by atoms with Gasteiger partial charge in [-0.3, -0.25) is 0 Å². The van der Waals surface area contributed by atoms with Gasteiger partial charge in [-0.15, -0.1) is 0 Å². The summed E-state index contributed by atoms with van der Waals surface area (Å²) in [6.45, 7) is 1.99. The van der Waals surface area contributed by atoms with E-state index in [1.165, 1.54) is 0 Å². The molecule has 16 heavy (non-hydrogen) atoms. The Balaban J connectivity index is 2.44. The fraction of sp³-hybridized carbons (Fsp3) is 0.250. The van der Waals surface area contributed by atoms with Crippen LogP contribution in [0.5, 0.6) is 0 Å². The third-order valence-corrected chi connectivity index (χ3v) is 2.51. The van der Waals surface area contributed by atoms with E-state index in [-0.39, 0.29) is 6.04 Å². The van der Waals surface area contributed by atoms with E-state index >= 15 is 0 Å². The summed E-state index contributed by atoms with van der Waals surface area (Å²) in [5.74, 6) is 1.36. The molecule has 0 radical (unpaired) electrons. The third kappa shape index (κ3) is 1.92. The summed E-state index contributed by atoms with van der Waals surface area (Å²) in [6, 6.07) is 5.75. The van der Waals surface area contributed by atoms with Crippen LogP contribution in [0.15, 0.2) is 35.1 Å². The van der Waals surface area contributed by atoms with Crippen LogP contribution in [0.4, 0.5) is 5.82 Å². The van der Waals surface area contributed by atoms with E-state index in [4.69, 9.17) is 10.2 Å². The largest absolute Gasteiger partial charge is 0.467 e. The molecule has 0 fully saturated rings. The number of nitrogens with zero attached hydrogens (tertiary/aromatic N) is 1. The Morgan fingerprint density at radius 1 is 1.50 bits per heavy atom. The highest BCUT2D eigenvalue weighted by atomic mass is 16.3. The number of anilines is 1. The fourth-order valence-corrected chi connectivity index (χ4v) is 1.74. The molecule has 84 valence electrons. The Kier molecular flexibility index (Phi) is 2.92. The molecule has 0 bridgehead atoms. The van der Waals surface area contributed by atoms with Crippen molar-refractivity contribution in [1.29, 1.82) is 0 Å². The van der Waals surface area contributed by atoms with E-state index in [0.717, 1.165) is 16.9 Å². The number of nitrogen functional groups attached to an aromatic ring is 1. The lowest BCUT2D eigenvalue weighted by Gasteiger charge is -2.16. The molecule has 0 aromatic carbocycles. The summed E-state index contributed by atoms with van der Waals surface area (Å²) >= 11 is 0. The van der Waals surface area contributed by atoms with Gasteiger partial charge < -0.3 is 15.5 Å². The van der Waals surface area contributed by atoms with Crippen molar-refractivity contribution < 1.29 is 4.42 Å². The van der Waals surface area contributed by atoms with E-state index in [9.17, 15) is 0 Å². The molecule has 3 N–H and O–H groups in total. The highest BCUT2D eigenvalue weighted by Gasteiger charge is 2.17. The van der Waals surface area contributed by atoms with Crippen LogP contribution in [0.3, 0.4) is 0 Å². The van der Waals surface area contributed by atoms with Crippen molar-refractivity contribution in [2.24, 2.45) is 0 Å². The van der Waals surface area contributed by atoms with Crippen LogP contribution in [-0.2, 0) is 0 Å². The number of furan rings is 1. The molecular weight excluding hydrogens is 202 g/mol. The monoisotopic (exact) mass is 217 g/mol. The maximum Gasteiger partial charge on any atom is 0.128 e. The molecule has 0 spiro atoms. The topological polar surface area (TPSA) is 64.1 Å². The molecule has 4 heteroatoms. The number of nitrogens with two attached hydrogens (primary N) is 1. The lowest BCUT2D eigenvalue weighted by Crippen LogP contribution is -2.19. The Morgan fingerprint density at radius 3 is 2.94 bits per heavy atom. The molecular formula is C12H15N3O. The molecule has 1 unspecified atom stereocenters. The van der Waals surface area contributed by atoms with Gasteiger partial charge in [0.1, 0.15) is 11.6 Å². The van der Waals surface area contributed by atoms with E-state index in [0.29, 0.717) is 5.82 Å². The van der Waals surface area contributed by atoms with Gasteiger partial charge >= 0.3 is 0 Å². The highest BCUT2D eigenvalue weighted by Crippen LogP contribution is 2.26.